The van der Waals surface area contributed by atoms with E-state index in [1.807, 2.05) is 0 Å². The van der Waals surface area contributed by atoms with Crippen LogP contribution in [0, 0.1) is 0 Å². The van der Waals surface area contributed by atoms with Crippen LogP contribution in [0.4, 0.5) is 17.1 Å². The Morgan fingerprint density at radius 3 is 1.43 bits per heavy atom. The minimum Gasteiger partial charge on any atom is -0.310 e. The molecule has 0 heterocycles. The Hall–Kier alpha value is -4.62. The lowest BCUT2D eigenvalue weighted by Gasteiger charge is -2.28. The van der Waals surface area contributed by atoms with Gasteiger partial charge in [-0.3, -0.25) is 0 Å². The summed E-state index contributed by atoms with van der Waals surface area (Å²) in [6.45, 7) is 0. The number of benzene rings is 6. The molecule has 0 aliphatic heterocycles. The van der Waals surface area contributed by atoms with E-state index in [0.29, 0.717) is 0 Å². The topological polar surface area (TPSA) is 3.24 Å². The van der Waals surface area contributed by atoms with Gasteiger partial charge in [-0.25, -0.2) is 0 Å². The van der Waals surface area contributed by atoms with Crippen LogP contribution in [-0.4, -0.2) is 0 Å². The van der Waals surface area contributed by atoms with Crippen LogP contribution >= 0.6 is 0 Å². The van der Waals surface area contributed by atoms with Gasteiger partial charge in [0.2, 0.25) is 0 Å². The molecular weight excluding hydrogens is 422 g/mol. The lowest BCUT2D eigenvalue weighted by atomic mass is 9.97. The Balaban J connectivity index is 1.57. The molecule has 0 saturated carbocycles. The van der Waals surface area contributed by atoms with Gasteiger partial charge < -0.3 is 4.90 Å². The Labute approximate surface area is 206 Å². The van der Waals surface area contributed by atoms with Crippen LogP contribution in [0.5, 0.6) is 0 Å². The average Bonchev–Trinajstić information content (AvgIpc) is 2.95. The van der Waals surface area contributed by atoms with Gasteiger partial charge >= 0.3 is 0 Å². The molecule has 6 aromatic carbocycles. The highest BCUT2D eigenvalue weighted by molar-refractivity contribution is 5.98. The second kappa shape index (κ2) is 9.32. The summed E-state index contributed by atoms with van der Waals surface area (Å²) < 4.78 is 0. The third kappa shape index (κ3) is 4.20. The van der Waals surface area contributed by atoms with E-state index >= 15 is 0 Å². The first-order valence-electron chi connectivity index (χ1n) is 12.0. The highest BCUT2D eigenvalue weighted by atomic mass is 15.1. The maximum atomic E-state index is 2.36. The molecule has 1 heteroatoms. The second-order valence-electron chi connectivity index (χ2n) is 8.67. The van der Waals surface area contributed by atoms with E-state index in [1.165, 1.54) is 33.0 Å². The zero-order valence-electron chi connectivity index (χ0n) is 19.4. The quantitative estimate of drug-likeness (QED) is 0.254. The third-order valence-corrected chi connectivity index (χ3v) is 6.44. The van der Waals surface area contributed by atoms with E-state index in [0.717, 1.165) is 17.1 Å². The Morgan fingerprint density at radius 1 is 0.343 bits per heavy atom. The molecule has 0 spiro atoms. The summed E-state index contributed by atoms with van der Waals surface area (Å²) in [4.78, 5) is 2.36. The number of anilines is 3. The number of hydrogen-bond acceptors (Lipinski definition) is 1. The summed E-state index contributed by atoms with van der Waals surface area (Å²) in [5.41, 5.74) is 8.27. The molecule has 0 saturated heterocycles. The van der Waals surface area contributed by atoms with Gasteiger partial charge in [-0.15, -0.1) is 0 Å². The summed E-state index contributed by atoms with van der Waals surface area (Å²) in [6, 6.07) is 53.9. The van der Waals surface area contributed by atoms with E-state index in [4.69, 9.17) is 0 Å². The largest absolute Gasteiger partial charge is 0.310 e. The molecule has 0 amide bonds. The van der Waals surface area contributed by atoms with Crippen molar-refractivity contribution in [3.8, 4) is 22.3 Å². The highest BCUT2D eigenvalue weighted by Gasteiger charge is 2.18. The van der Waals surface area contributed by atoms with Crippen LogP contribution in [0.3, 0.4) is 0 Å². The van der Waals surface area contributed by atoms with Crippen molar-refractivity contribution in [1.29, 1.82) is 0 Å². The molecule has 35 heavy (non-hydrogen) atoms. The molecule has 6 rings (SSSR count). The number of para-hydroxylation sites is 1. The average molecular weight is 448 g/mol. The normalized spacial score (nSPS) is 10.9. The first kappa shape index (κ1) is 20.9. The monoisotopic (exact) mass is 447 g/mol. The summed E-state index contributed by atoms with van der Waals surface area (Å²) in [5, 5.41) is 2.46. The fraction of sp³-hybridized carbons (Fsp3) is 0. The molecule has 0 aliphatic rings. The Kier molecular flexibility index (Phi) is 5.58. The molecule has 0 aromatic heterocycles. The molecule has 0 atom stereocenters. The maximum Gasteiger partial charge on any atom is 0.0546 e. The maximum absolute atomic E-state index is 2.36. The molecular formula is C34H25N. The van der Waals surface area contributed by atoms with Gasteiger partial charge in [0.05, 0.1) is 5.69 Å². The van der Waals surface area contributed by atoms with E-state index in [1.54, 1.807) is 0 Å². The van der Waals surface area contributed by atoms with Gasteiger partial charge in [0.15, 0.2) is 0 Å². The number of hydrogen-bond donors (Lipinski definition) is 0. The predicted molar refractivity (Wildman–Crippen MR) is 150 cm³/mol. The first-order chi connectivity index (χ1) is 17.4. The molecule has 6 aromatic rings. The minimum atomic E-state index is 1.13. The first-order valence-corrected chi connectivity index (χ1v) is 12.0. The van der Waals surface area contributed by atoms with Gasteiger partial charge in [0.25, 0.3) is 0 Å². The van der Waals surface area contributed by atoms with E-state index in [-0.39, 0.29) is 0 Å². The molecule has 0 bridgehead atoms. The number of fused-ring (bicyclic) bond motifs is 1. The van der Waals surface area contributed by atoms with Crippen molar-refractivity contribution in [2.75, 3.05) is 4.90 Å². The zero-order chi connectivity index (χ0) is 23.5. The van der Waals surface area contributed by atoms with Crippen LogP contribution in [0.2, 0.25) is 0 Å². The molecule has 0 N–H and O–H groups in total. The van der Waals surface area contributed by atoms with Crippen LogP contribution < -0.4 is 4.90 Å². The summed E-state index contributed by atoms with van der Waals surface area (Å²) in [5.74, 6) is 0. The lowest BCUT2D eigenvalue weighted by molar-refractivity contribution is 1.29. The van der Waals surface area contributed by atoms with E-state index in [9.17, 15) is 0 Å². The summed E-state index contributed by atoms with van der Waals surface area (Å²) >= 11 is 0. The second-order valence-corrected chi connectivity index (χ2v) is 8.67. The fourth-order valence-corrected chi connectivity index (χ4v) is 4.70. The standard InChI is InChI=1S/C34H25N/c1-4-12-26(13-5-1)27-20-22-32(23-21-27)35(31-18-8-3-9-19-31)34-25-30-17-11-10-16-29(30)24-33(34)28-14-6-2-7-15-28/h1-25H. The summed E-state index contributed by atoms with van der Waals surface area (Å²) in [6.07, 6.45) is 0. The molecule has 0 fully saturated rings. The Morgan fingerprint density at radius 2 is 0.800 bits per heavy atom. The minimum absolute atomic E-state index is 1.13. The van der Waals surface area contributed by atoms with Crippen molar-refractivity contribution in [3.05, 3.63) is 152 Å². The van der Waals surface area contributed by atoms with E-state index < -0.39 is 0 Å². The zero-order valence-corrected chi connectivity index (χ0v) is 19.4. The van der Waals surface area contributed by atoms with Crippen molar-refractivity contribution >= 4 is 27.8 Å². The van der Waals surface area contributed by atoms with Crippen molar-refractivity contribution in [2.45, 2.75) is 0 Å². The fourth-order valence-electron chi connectivity index (χ4n) is 4.70. The highest BCUT2D eigenvalue weighted by Crippen LogP contribution is 2.43. The van der Waals surface area contributed by atoms with E-state index in [2.05, 4.69) is 157 Å². The van der Waals surface area contributed by atoms with Crippen molar-refractivity contribution in [2.24, 2.45) is 0 Å². The molecule has 0 radical (unpaired) electrons. The van der Waals surface area contributed by atoms with Gasteiger partial charge in [-0.1, -0.05) is 115 Å². The summed E-state index contributed by atoms with van der Waals surface area (Å²) in [7, 11) is 0. The molecule has 1 nitrogen and oxygen atoms in total. The van der Waals surface area contributed by atoms with Crippen molar-refractivity contribution in [1.82, 2.24) is 0 Å². The number of nitrogens with zero attached hydrogens (tertiary/aromatic N) is 1. The molecule has 166 valence electrons. The van der Waals surface area contributed by atoms with Gasteiger partial charge in [-0.05, 0) is 63.9 Å². The Bertz CT molecular complexity index is 1550. The smallest absolute Gasteiger partial charge is 0.0546 e. The third-order valence-electron chi connectivity index (χ3n) is 6.44. The lowest BCUT2D eigenvalue weighted by Crippen LogP contribution is -2.11. The van der Waals surface area contributed by atoms with Crippen LogP contribution in [0.1, 0.15) is 0 Å². The van der Waals surface area contributed by atoms with Gasteiger partial charge in [-0.2, -0.15) is 0 Å². The van der Waals surface area contributed by atoms with Crippen LogP contribution in [0.25, 0.3) is 33.0 Å². The van der Waals surface area contributed by atoms with Gasteiger partial charge in [0.1, 0.15) is 0 Å². The molecule has 0 aliphatic carbocycles. The van der Waals surface area contributed by atoms with Gasteiger partial charge in [0, 0.05) is 16.9 Å². The number of rotatable bonds is 5. The van der Waals surface area contributed by atoms with Crippen molar-refractivity contribution < 1.29 is 0 Å². The predicted octanol–water partition coefficient (Wildman–Crippen LogP) is 9.64. The SMILES string of the molecule is c1ccc(-c2ccc(N(c3ccccc3)c3cc4ccccc4cc3-c3ccccc3)cc2)cc1. The molecule has 0 unspecified atom stereocenters. The van der Waals surface area contributed by atoms with Crippen LogP contribution in [0.15, 0.2) is 152 Å². The van der Waals surface area contributed by atoms with Crippen molar-refractivity contribution in [3.63, 3.8) is 0 Å². The van der Waals surface area contributed by atoms with Crippen LogP contribution in [-0.2, 0) is 0 Å².